The predicted octanol–water partition coefficient (Wildman–Crippen LogP) is 4.27. The monoisotopic (exact) mass is 320 g/mol. The van der Waals surface area contributed by atoms with Crippen LogP contribution in [-0.4, -0.2) is 21.4 Å². The summed E-state index contributed by atoms with van der Waals surface area (Å²) >= 11 is 0.908. The van der Waals surface area contributed by atoms with E-state index in [0.29, 0.717) is 6.42 Å². The second-order valence-electron chi connectivity index (χ2n) is 5.29. The van der Waals surface area contributed by atoms with Gasteiger partial charge in [0.15, 0.2) is 5.12 Å². The molecular formula is C17H20O4S. The van der Waals surface area contributed by atoms with Gasteiger partial charge in [0.2, 0.25) is 0 Å². The molecule has 1 aromatic heterocycles. The molecule has 0 saturated heterocycles. The van der Waals surface area contributed by atoms with Crippen molar-refractivity contribution in [2.75, 3.05) is 0 Å². The van der Waals surface area contributed by atoms with Crippen LogP contribution in [0.4, 0.5) is 0 Å². The summed E-state index contributed by atoms with van der Waals surface area (Å²) < 4.78 is 5.74. The summed E-state index contributed by atoms with van der Waals surface area (Å²) in [4.78, 5) is 22.0. The van der Waals surface area contributed by atoms with Crippen molar-refractivity contribution in [3.05, 3.63) is 36.1 Å². The summed E-state index contributed by atoms with van der Waals surface area (Å²) in [6.45, 7) is 1.40. The van der Waals surface area contributed by atoms with Gasteiger partial charge in [0.1, 0.15) is 16.6 Å². The first-order valence-electron chi connectivity index (χ1n) is 7.44. The highest BCUT2D eigenvalue weighted by Crippen LogP contribution is 2.22. The molecule has 1 heterocycles. The predicted molar refractivity (Wildman–Crippen MR) is 88.1 cm³/mol. The van der Waals surface area contributed by atoms with Gasteiger partial charge in [-0.1, -0.05) is 42.8 Å². The molecule has 118 valence electrons. The molecule has 1 N–H and O–H groups in total. The number of rotatable bonds is 8. The molecule has 22 heavy (non-hydrogen) atoms. The number of carbonyl (C=O) groups excluding carboxylic acids is 1. The van der Waals surface area contributed by atoms with Crippen LogP contribution < -0.4 is 0 Å². The number of unbranched alkanes of at least 4 members (excludes halogenated alkanes) is 2. The van der Waals surface area contributed by atoms with Crippen molar-refractivity contribution in [2.24, 2.45) is 0 Å². The maximum absolute atomic E-state index is 11.0. The Hall–Kier alpha value is -1.75. The first-order valence-corrected chi connectivity index (χ1v) is 8.31. The van der Waals surface area contributed by atoms with Gasteiger partial charge in [-0.15, -0.1) is 0 Å². The van der Waals surface area contributed by atoms with Crippen LogP contribution >= 0.6 is 11.8 Å². The Bertz CT molecular complexity index is 614. The molecule has 0 aliphatic rings. The average Bonchev–Trinajstić information content (AvgIpc) is 2.87. The molecule has 0 aliphatic heterocycles. The molecule has 2 aromatic rings. The van der Waals surface area contributed by atoms with Crippen molar-refractivity contribution in [3.8, 4) is 0 Å². The Labute approximate surface area is 133 Å². The number of carboxylic acids is 1. The minimum absolute atomic E-state index is 0.144. The Morgan fingerprint density at radius 2 is 2.00 bits per heavy atom. The number of furan rings is 1. The fraction of sp³-hybridized carbons (Fsp3) is 0.412. The molecular weight excluding hydrogens is 300 g/mol. The molecule has 0 bridgehead atoms. The van der Waals surface area contributed by atoms with Crippen LogP contribution in [0.25, 0.3) is 11.0 Å². The van der Waals surface area contributed by atoms with E-state index in [2.05, 4.69) is 6.07 Å². The van der Waals surface area contributed by atoms with E-state index in [1.54, 1.807) is 0 Å². The Kier molecular flexibility index (Phi) is 6.07. The number of benzene rings is 1. The highest BCUT2D eigenvalue weighted by Gasteiger charge is 2.19. The van der Waals surface area contributed by atoms with E-state index >= 15 is 0 Å². The van der Waals surface area contributed by atoms with Crippen molar-refractivity contribution >= 4 is 33.8 Å². The van der Waals surface area contributed by atoms with E-state index < -0.39 is 11.2 Å². The third kappa shape index (κ3) is 4.91. The zero-order chi connectivity index (χ0) is 15.9. The molecule has 1 aromatic carbocycles. The fourth-order valence-electron chi connectivity index (χ4n) is 2.40. The SMILES string of the molecule is CC(=O)SC(CCCCCc1cc2ccccc2o1)C(=O)O. The topological polar surface area (TPSA) is 67.5 Å². The number of fused-ring (bicyclic) bond motifs is 1. The van der Waals surface area contributed by atoms with Gasteiger partial charge in [0, 0.05) is 18.7 Å². The van der Waals surface area contributed by atoms with Crippen LogP contribution in [-0.2, 0) is 16.0 Å². The van der Waals surface area contributed by atoms with Gasteiger partial charge in [-0.05, 0) is 25.0 Å². The Morgan fingerprint density at radius 1 is 1.23 bits per heavy atom. The largest absolute Gasteiger partial charge is 0.480 e. The zero-order valence-corrected chi connectivity index (χ0v) is 13.4. The lowest BCUT2D eigenvalue weighted by molar-refractivity contribution is -0.136. The molecule has 1 unspecified atom stereocenters. The molecule has 5 heteroatoms. The van der Waals surface area contributed by atoms with Crippen molar-refractivity contribution in [1.82, 2.24) is 0 Å². The van der Waals surface area contributed by atoms with Crippen molar-refractivity contribution in [1.29, 1.82) is 0 Å². The van der Waals surface area contributed by atoms with Crippen molar-refractivity contribution in [3.63, 3.8) is 0 Å². The van der Waals surface area contributed by atoms with Crippen molar-refractivity contribution in [2.45, 2.75) is 44.3 Å². The third-order valence-corrected chi connectivity index (χ3v) is 4.50. The average molecular weight is 320 g/mol. The maximum atomic E-state index is 11.0. The maximum Gasteiger partial charge on any atom is 0.317 e. The normalized spacial score (nSPS) is 12.4. The van der Waals surface area contributed by atoms with Crippen LogP contribution in [0.15, 0.2) is 34.7 Å². The lowest BCUT2D eigenvalue weighted by Crippen LogP contribution is -2.17. The minimum Gasteiger partial charge on any atom is -0.480 e. The van der Waals surface area contributed by atoms with E-state index in [9.17, 15) is 9.59 Å². The molecule has 1 atom stereocenters. The zero-order valence-electron chi connectivity index (χ0n) is 12.6. The van der Waals surface area contributed by atoms with Gasteiger partial charge in [0.25, 0.3) is 0 Å². The summed E-state index contributed by atoms with van der Waals surface area (Å²) in [6.07, 6.45) is 4.07. The van der Waals surface area contributed by atoms with Gasteiger partial charge in [-0.2, -0.15) is 0 Å². The molecule has 0 radical (unpaired) electrons. The number of thioether (sulfide) groups is 1. The lowest BCUT2D eigenvalue weighted by atomic mass is 10.1. The van der Waals surface area contributed by atoms with E-state index in [4.69, 9.17) is 9.52 Å². The number of carboxylic acid groups (broad SMARTS) is 1. The third-order valence-electron chi connectivity index (χ3n) is 3.45. The number of hydrogen-bond donors (Lipinski definition) is 1. The summed E-state index contributed by atoms with van der Waals surface area (Å²) in [6, 6.07) is 9.98. The molecule has 0 spiro atoms. The minimum atomic E-state index is -0.905. The summed E-state index contributed by atoms with van der Waals surface area (Å²) in [5.41, 5.74) is 0.904. The van der Waals surface area contributed by atoms with Gasteiger partial charge in [0.05, 0.1) is 0 Å². The van der Waals surface area contributed by atoms with Gasteiger partial charge < -0.3 is 9.52 Å². The van der Waals surface area contributed by atoms with E-state index in [1.165, 1.54) is 6.92 Å². The molecule has 0 fully saturated rings. The van der Waals surface area contributed by atoms with E-state index in [0.717, 1.165) is 54.2 Å². The van der Waals surface area contributed by atoms with Crippen molar-refractivity contribution < 1.29 is 19.1 Å². The number of aryl methyl sites for hydroxylation is 1. The van der Waals surface area contributed by atoms with E-state index in [1.807, 2.05) is 24.3 Å². The second kappa shape index (κ2) is 8.03. The standard InChI is InChI=1S/C17H20O4S/c1-12(18)22-16(17(19)20)10-4-2-3-8-14-11-13-7-5-6-9-15(13)21-14/h5-7,9,11,16H,2-4,8,10H2,1H3,(H,19,20). The summed E-state index contributed by atoms with van der Waals surface area (Å²) in [7, 11) is 0. The Morgan fingerprint density at radius 3 is 2.68 bits per heavy atom. The van der Waals surface area contributed by atoms with Crippen LogP contribution in [0, 0.1) is 0 Å². The lowest BCUT2D eigenvalue weighted by Gasteiger charge is -2.09. The number of carbonyl (C=O) groups is 2. The molecule has 4 nitrogen and oxygen atoms in total. The molecule has 0 aliphatic carbocycles. The first kappa shape index (κ1) is 16.6. The molecule has 2 rings (SSSR count). The first-order chi connectivity index (χ1) is 10.6. The molecule has 0 saturated carbocycles. The van der Waals surface area contributed by atoms with Gasteiger partial charge in [-0.25, -0.2) is 0 Å². The second-order valence-corrected chi connectivity index (χ2v) is 6.67. The highest BCUT2D eigenvalue weighted by molar-refractivity contribution is 8.14. The summed E-state index contributed by atoms with van der Waals surface area (Å²) in [5.74, 6) is 0.0616. The van der Waals surface area contributed by atoms with Crippen LogP contribution in [0.1, 0.15) is 38.4 Å². The highest BCUT2D eigenvalue weighted by atomic mass is 32.2. The number of aliphatic carboxylic acids is 1. The number of para-hydroxylation sites is 1. The molecule has 0 amide bonds. The van der Waals surface area contributed by atoms with Crippen LogP contribution in [0.5, 0.6) is 0 Å². The smallest absolute Gasteiger partial charge is 0.317 e. The van der Waals surface area contributed by atoms with Gasteiger partial charge >= 0.3 is 5.97 Å². The van der Waals surface area contributed by atoms with Crippen LogP contribution in [0.2, 0.25) is 0 Å². The fourth-order valence-corrected chi connectivity index (χ4v) is 3.18. The Balaban J connectivity index is 1.72. The summed E-state index contributed by atoms with van der Waals surface area (Å²) in [5, 5.41) is 9.40. The van der Waals surface area contributed by atoms with Gasteiger partial charge in [-0.3, -0.25) is 9.59 Å². The van der Waals surface area contributed by atoms with E-state index in [-0.39, 0.29) is 5.12 Å². The quantitative estimate of drug-likeness (QED) is 0.736. The number of hydrogen-bond acceptors (Lipinski definition) is 4. The van der Waals surface area contributed by atoms with Crippen LogP contribution in [0.3, 0.4) is 0 Å².